The summed E-state index contributed by atoms with van der Waals surface area (Å²) in [6.07, 6.45) is 0. The van der Waals surface area contributed by atoms with Crippen LogP contribution in [0.1, 0.15) is 15.9 Å². The van der Waals surface area contributed by atoms with E-state index in [1.807, 2.05) is 6.92 Å². The van der Waals surface area contributed by atoms with E-state index in [9.17, 15) is 9.59 Å². The van der Waals surface area contributed by atoms with Crippen molar-refractivity contribution in [2.45, 2.75) is 6.92 Å². The van der Waals surface area contributed by atoms with Crippen LogP contribution in [0.25, 0.3) is 0 Å². The summed E-state index contributed by atoms with van der Waals surface area (Å²) < 4.78 is 20.6. The van der Waals surface area contributed by atoms with Gasteiger partial charge < -0.3 is 24.3 Å². The van der Waals surface area contributed by atoms with Crippen molar-refractivity contribution in [3.8, 4) is 17.2 Å². The van der Waals surface area contributed by atoms with Gasteiger partial charge in [0.2, 0.25) is 0 Å². The highest BCUT2D eigenvalue weighted by molar-refractivity contribution is 6.31. The second kappa shape index (κ2) is 9.14. The molecule has 0 saturated heterocycles. The van der Waals surface area contributed by atoms with Gasteiger partial charge in [-0.3, -0.25) is 4.79 Å². The van der Waals surface area contributed by atoms with Gasteiger partial charge in [-0.2, -0.15) is 0 Å². The van der Waals surface area contributed by atoms with Gasteiger partial charge in [0, 0.05) is 11.1 Å². The summed E-state index contributed by atoms with van der Waals surface area (Å²) in [5, 5.41) is 3.25. The zero-order valence-corrected chi connectivity index (χ0v) is 16.2. The number of hydrogen-bond acceptors (Lipinski definition) is 6. The van der Waals surface area contributed by atoms with E-state index >= 15 is 0 Å². The molecule has 7 nitrogen and oxygen atoms in total. The molecule has 1 amide bonds. The van der Waals surface area contributed by atoms with Crippen LogP contribution in [-0.4, -0.2) is 39.8 Å². The first-order valence-electron chi connectivity index (χ1n) is 7.92. The van der Waals surface area contributed by atoms with Gasteiger partial charge in [-0.25, -0.2) is 4.79 Å². The summed E-state index contributed by atoms with van der Waals surface area (Å²) in [7, 11) is 4.21. The third-order valence-electron chi connectivity index (χ3n) is 3.70. The summed E-state index contributed by atoms with van der Waals surface area (Å²) in [6.45, 7) is 1.56. The van der Waals surface area contributed by atoms with Crippen LogP contribution in [0.15, 0.2) is 30.3 Å². The van der Waals surface area contributed by atoms with Gasteiger partial charge in [0.25, 0.3) is 5.91 Å². The molecular weight excluding hydrogens is 374 g/mol. The number of benzene rings is 2. The Morgan fingerprint density at radius 3 is 2.33 bits per heavy atom. The van der Waals surface area contributed by atoms with Crippen molar-refractivity contribution in [1.82, 2.24) is 0 Å². The zero-order chi connectivity index (χ0) is 20.0. The number of carbonyl (C=O) groups excluding carboxylic acids is 2. The molecule has 0 aliphatic rings. The Labute approximate surface area is 162 Å². The molecule has 0 bridgehead atoms. The first-order chi connectivity index (χ1) is 12.9. The van der Waals surface area contributed by atoms with Crippen LogP contribution in [0.5, 0.6) is 17.2 Å². The molecule has 0 heterocycles. The van der Waals surface area contributed by atoms with Gasteiger partial charge in [0.15, 0.2) is 18.1 Å². The SMILES string of the molecule is COC(=O)c1ccc(OCC(=O)Nc2cc(C)c(Cl)cc2OC)c(OC)c1. The van der Waals surface area contributed by atoms with E-state index in [0.717, 1.165) is 5.56 Å². The molecule has 2 aromatic rings. The van der Waals surface area contributed by atoms with E-state index in [0.29, 0.717) is 33.5 Å². The van der Waals surface area contributed by atoms with Crippen molar-refractivity contribution in [2.24, 2.45) is 0 Å². The van der Waals surface area contributed by atoms with Gasteiger partial charge in [0.1, 0.15) is 5.75 Å². The Bertz CT molecular complexity index is 852. The standard InChI is InChI=1S/C19H20ClNO6/c1-11-7-14(16(24-2)9-13(11)20)21-18(22)10-27-15-6-5-12(19(23)26-4)8-17(15)25-3/h5-9H,10H2,1-4H3,(H,21,22). The first kappa shape index (κ1) is 20.4. The molecule has 0 aliphatic heterocycles. The number of ether oxygens (including phenoxy) is 4. The second-order valence-electron chi connectivity index (χ2n) is 5.50. The number of anilines is 1. The average molecular weight is 394 g/mol. The Morgan fingerprint density at radius 2 is 1.70 bits per heavy atom. The number of methoxy groups -OCH3 is 3. The largest absolute Gasteiger partial charge is 0.495 e. The van der Waals surface area contributed by atoms with E-state index in [1.165, 1.54) is 39.5 Å². The summed E-state index contributed by atoms with van der Waals surface area (Å²) in [6, 6.07) is 7.87. The fourth-order valence-electron chi connectivity index (χ4n) is 2.29. The van der Waals surface area contributed by atoms with Crippen LogP contribution in [0, 0.1) is 6.92 Å². The van der Waals surface area contributed by atoms with Crippen LogP contribution >= 0.6 is 11.6 Å². The second-order valence-corrected chi connectivity index (χ2v) is 5.90. The maximum Gasteiger partial charge on any atom is 0.337 e. The highest BCUT2D eigenvalue weighted by atomic mass is 35.5. The predicted octanol–water partition coefficient (Wildman–Crippen LogP) is 3.47. The Balaban J connectivity index is 2.08. The van der Waals surface area contributed by atoms with E-state index < -0.39 is 11.9 Å². The number of esters is 1. The summed E-state index contributed by atoms with van der Waals surface area (Å²) in [5.74, 6) is 0.182. The van der Waals surface area contributed by atoms with Crippen LogP contribution in [0.3, 0.4) is 0 Å². The summed E-state index contributed by atoms with van der Waals surface area (Å²) >= 11 is 6.06. The number of hydrogen-bond donors (Lipinski definition) is 1. The van der Waals surface area contributed by atoms with Crippen LogP contribution in [-0.2, 0) is 9.53 Å². The normalized spacial score (nSPS) is 10.1. The topological polar surface area (TPSA) is 83.1 Å². The molecule has 1 N–H and O–H groups in total. The van der Waals surface area contributed by atoms with Gasteiger partial charge >= 0.3 is 5.97 Å². The van der Waals surface area contributed by atoms with Crippen molar-refractivity contribution in [2.75, 3.05) is 33.3 Å². The molecule has 0 radical (unpaired) electrons. The molecule has 0 aliphatic carbocycles. The van der Waals surface area contributed by atoms with Crippen LogP contribution in [0.4, 0.5) is 5.69 Å². The molecule has 2 rings (SSSR count). The number of amides is 1. The van der Waals surface area contributed by atoms with E-state index in [2.05, 4.69) is 10.1 Å². The lowest BCUT2D eigenvalue weighted by Gasteiger charge is -2.14. The maximum absolute atomic E-state index is 12.2. The zero-order valence-electron chi connectivity index (χ0n) is 15.4. The fraction of sp³-hybridized carbons (Fsp3) is 0.263. The number of nitrogens with one attached hydrogen (secondary N) is 1. The lowest BCUT2D eigenvalue weighted by molar-refractivity contribution is -0.118. The highest BCUT2D eigenvalue weighted by Gasteiger charge is 2.14. The van der Waals surface area contributed by atoms with Crippen molar-refractivity contribution < 1.29 is 28.5 Å². The van der Waals surface area contributed by atoms with Gasteiger partial charge in [-0.15, -0.1) is 0 Å². The highest BCUT2D eigenvalue weighted by Crippen LogP contribution is 2.31. The van der Waals surface area contributed by atoms with Gasteiger partial charge in [0.05, 0.1) is 32.6 Å². The quantitative estimate of drug-likeness (QED) is 0.725. The number of halogens is 1. The minimum atomic E-state index is -0.497. The third-order valence-corrected chi connectivity index (χ3v) is 4.11. The Kier molecular flexibility index (Phi) is 6.90. The monoisotopic (exact) mass is 393 g/mol. The van der Waals surface area contributed by atoms with Gasteiger partial charge in [-0.1, -0.05) is 11.6 Å². The molecule has 2 aromatic carbocycles. The molecule has 0 aromatic heterocycles. The van der Waals surface area contributed by atoms with Crippen LogP contribution < -0.4 is 19.5 Å². The van der Waals surface area contributed by atoms with E-state index in [-0.39, 0.29) is 6.61 Å². The molecule has 144 valence electrons. The lowest BCUT2D eigenvalue weighted by atomic mass is 10.2. The molecule has 0 spiro atoms. The average Bonchev–Trinajstić information content (AvgIpc) is 2.68. The van der Waals surface area contributed by atoms with E-state index in [1.54, 1.807) is 12.1 Å². The summed E-state index contributed by atoms with van der Waals surface area (Å²) in [5.41, 5.74) is 1.60. The number of aryl methyl sites for hydroxylation is 1. The molecule has 0 saturated carbocycles. The smallest absolute Gasteiger partial charge is 0.337 e. The van der Waals surface area contributed by atoms with Gasteiger partial charge in [-0.05, 0) is 36.8 Å². The Hall–Kier alpha value is -2.93. The fourth-order valence-corrected chi connectivity index (χ4v) is 2.44. The molecule has 0 unspecified atom stereocenters. The number of carbonyl (C=O) groups is 2. The molecule has 27 heavy (non-hydrogen) atoms. The van der Waals surface area contributed by atoms with Crippen molar-refractivity contribution in [3.05, 3.63) is 46.5 Å². The molecular formula is C19H20ClNO6. The molecule has 0 fully saturated rings. The molecule has 0 atom stereocenters. The minimum Gasteiger partial charge on any atom is -0.495 e. The summed E-state index contributed by atoms with van der Waals surface area (Å²) in [4.78, 5) is 23.8. The Morgan fingerprint density at radius 1 is 1.00 bits per heavy atom. The maximum atomic E-state index is 12.2. The lowest BCUT2D eigenvalue weighted by Crippen LogP contribution is -2.21. The predicted molar refractivity (Wildman–Crippen MR) is 101 cm³/mol. The number of rotatable bonds is 7. The third kappa shape index (κ3) is 5.04. The van der Waals surface area contributed by atoms with Crippen molar-refractivity contribution in [3.63, 3.8) is 0 Å². The van der Waals surface area contributed by atoms with Crippen LogP contribution in [0.2, 0.25) is 5.02 Å². The van der Waals surface area contributed by atoms with E-state index in [4.69, 9.17) is 25.8 Å². The first-order valence-corrected chi connectivity index (χ1v) is 8.30. The van der Waals surface area contributed by atoms with Crippen molar-refractivity contribution in [1.29, 1.82) is 0 Å². The van der Waals surface area contributed by atoms with Crippen molar-refractivity contribution >= 4 is 29.2 Å². The minimum absolute atomic E-state index is 0.265. The molecule has 8 heteroatoms.